The van der Waals surface area contributed by atoms with Gasteiger partial charge in [0.2, 0.25) is 5.91 Å². The molecule has 1 spiro atoms. The Hall–Kier alpha value is -2.71. The Morgan fingerprint density at radius 1 is 1.23 bits per heavy atom. The maximum absolute atomic E-state index is 12.7. The molecule has 5 heteroatoms. The number of nitrogens with zero attached hydrogens (tertiary/aromatic N) is 4. The van der Waals surface area contributed by atoms with Crippen molar-refractivity contribution in [3.05, 3.63) is 59.4 Å². The topological polar surface area (TPSA) is 60.2 Å². The molecular weight excluding hydrogens is 324 g/mol. The van der Waals surface area contributed by atoms with E-state index in [4.69, 9.17) is 5.26 Å². The van der Waals surface area contributed by atoms with Gasteiger partial charge in [0.05, 0.1) is 17.3 Å². The third kappa shape index (κ3) is 3.21. The third-order valence-electron chi connectivity index (χ3n) is 5.46. The summed E-state index contributed by atoms with van der Waals surface area (Å²) in [6.45, 7) is 5.50. The molecule has 2 fully saturated rings. The number of likely N-dealkylation sites (tertiary alicyclic amines) is 1. The lowest BCUT2D eigenvalue weighted by atomic mass is 9.86. The Labute approximate surface area is 153 Å². The van der Waals surface area contributed by atoms with Crippen molar-refractivity contribution in [1.29, 1.82) is 5.26 Å². The summed E-state index contributed by atoms with van der Waals surface area (Å²) in [5, 5.41) is 9.10. The molecule has 5 nitrogen and oxygen atoms in total. The van der Waals surface area contributed by atoms with E-state index in [9.17, 15) is 4.79 Å². The van der Waals surface area contributed by atoms with Gasteiger partial charge in [-0.2, -0.15) is 5.26 Å². The Kier molecular flexibility index (Phi) is 4.21. The highest BCUT2D eigenvalue weighted by molar-refractivity contribution is 5.96. The molecule has 1 amide bonds. The van der Waals surface area contributed by atoms with E-state index >= 15 is 0 Å². The average Bonchev–Trinajstić information content (AvgIpc) is 3.17. The monoisotopic (exact) mass is 346 g/mol. The van der Waals surface area contributed by atoms with Crippen molar-refractivity contribution in [3.63, 3.8) is 0 Å². The largest absolute Gasteiger partial charge is 0.312 e. The van der Waals surface area contributed by atoms with Crippen LogP contribution >= 0.6 is 0 Å². The van der Waals surface area contributed by atoms with E-state index in [0.29, 0.717) is 12.0 Å². The van der Waals surface area contributed by atoms with Gasteiger partial charge in [0, 0.05) is 42.9 Å². The fourth-order valence-corrected chi connectivity index (χ4v) is 4.23. The van der Waals surface area contributed by atoms with Crippen LogP contribution in [-0.2, 0) is 11.3 Å². The van der Waals surface area contributed by atoms with Crippen molar-refractivity contribution in [1.82, 2.24) is 9.88 Å². The molecule has 0 unspecified atom stereocenters. The zero-order chi connectivity index (χ0) is 18.1. The van der Waals surface area contributed by atoms with Crippen LogP contribution < -0.4 is 4.90 Å². The van der Waals surface area contributed by atoms with E-state index in [-0.39, 0.29) is 11.3 Å². The van der Waals surface area contributed by atoms with Gasteiger partial charge in [-0.15, -0.1) is 0 Å². The van der Waals surface area contributed by atoms with E-state index < -0.39 is 0 Å². The first-order valence-corrected chi connectivity index (χ1v) is 9.02. The molecule has 0 saturated carbocycles. The molecule has 2 aliphatic rings. The first kappa shape index (κ1) is 16.7. The standard InChI is InChI=1S/C21H22N4O/c1-16-4-2-6-18(23-16)13-24-9-8-21(14-24)11-20(26)25(15-21)19-7-3-5-17(10-19)12-22/h2-7,10H,8-9,11,13-15H2,1H3/t21-/m0/s1. The fourth-order valence-electron chi connectivity index (χ4n) is 4.23. The number of hydrogen-bond donors (Lipinski definition) is 0. The van der Waals surface area contributed by atoms with Gasteiger partial charge in [0.25, 0.3) is 0 Å². The Morgan fingerprint density at radius 3 is 2.88 bits per heavy atom. The summed E-state index contributed by atoms with van der Waals surface area (Å²) in [4.78, 5) is 21.5. The number of benzene rings is 1. The van der Waals surface area contributed by atoms with Crippen LogP contribution in [0.25, 0.3) is 0 Å². The van der Waals surface area contributed by atoms with Gasteiger partial charge in [-0.05, 0) is 50.2 Å². The highest BCUT2D eigenvalue weighted by Crippen LogP contribution is 2.42. The maximum Gasteiger partial charge on any atom is 0.227 e. The van der Waals surface area contributed by atoms with Crippen LogP contribution in [0.2, 0.25) is 0 Å². The summed E-state index contributed by atoms with van der Waals surface area (Å²) in [5.41, 5.74) is 3.57. The average molecular weight is 346 g/mol. The quantitative estimate of drug-likeness (QED) is 0.857. The summed E-state index contributed by atoms with van der Waals surface area (Å²) < 4.78 is 0. The van der Waals surface area contributed by atoms with Crippen molar-refractivity contribution < 1.29 is 4.79 Å². The highest BCUT2D eigenvalue weighted by Gasteiger charge is 2.47. The van der Waals surface area contributed by atoms with Crippen LogP contribution in [0.15, 0.2) is 42.5 Å². The second kappa shape index (κ2) is 6.54. The number of aromatic nitrogens is 1. The molecule has 0 bridgehead atoms. The number of carbonyl (C=O) groups excluding carboxylic acids is 1. The van der Waals surface area contributed by atoms with E-state index in [1.165, 1.54) is 0 Å². The minimum atomic E-state index is 0.0174. The van der Waals surface area contributed by atoms with E-state index in [2.05, 4.69) is 22.0 Å². The van der Waals surface area contributed by atoms with Gasteiger partial charge >= 0.3 is 0 Å². The minimum absolute atomic E-state index is 0.0174. The van der Waals surface area contributed by atoms with Crippen LogP contribution in [0.5, 0.6) is 0 Å². The van der Waals surface area contributed by atoms with Gasteiger partial charge in [-0.25, -0.2) is 0 Å². The van der Waals surface area contributed by atoms with Crippen LogP contribution in [0.3, 0.4) is 0 Å². The lowest BCUT2D eigenvalue weighted by Gasteiger charge is -2.24. The molecule has 26 heavy (non-hydrogen) atoms. The SMILES string of the molecule is Cc1cccc(CN2CC[C@]3(CC(=O)N(c4cccc(C#N)c4)C3)C2)n1. The highest BCUT2D eigenvalue weighted by atomic mass is 16.2. The van der Waals surface area contributed by atoms with E-state index in [1.54, 1.807) is 12.1 Å². The Bertz CT molecular complexity index is 888. The molecule has 0 radical (unpaired) electrons. The Morgan fingerprint density at radius 2 is 2.08 bits per heavy atom. The zero-order valence-corrected chi connectivity index (χ0v) is 15.0. The molecule has 2 saturated heterocycles. The second-order valence-electron chi connectivity index (χ2n) is 7.55. The molecular formula is C21H22N4O. The molecule has 1 aromatic carbocycles. The smallest absolute Gasteiger partial charge is 0.227 e. The molecule has 132 valence electrons. The molecule has 4 rings (SSSR count). The summed E-state index contributed by atoms with van der Waals surface area (Å²) in [5.74, 6) is 0.163. The molecule has 2 aromatic rings. The predicted molar refractivity (Wildman–Crippen MR) is 99.4 cm³/mol. The van der Waals surface area contributed by atoms with Gasteiger partial charge in [0.15, 0.2) is 0 Å². The number of carbonyl (C=O) groups is 1. The third-order valence-corrected chi connectivity index (χ3v) is 5.46. The zero-order valence-electron chi connectivity index (χ0n) is 15.0. The first-order valence-electron chi connectivity index (χ1n) is 9.02. The minimum Gasteiger partial charge on any atom is -0.312 e. The van der Waals surface area contributed by atoms with Crippen molar-refractivity contribution in [2.45, 2.75) is 26.3 Å². The number of pyridine rings is 1. The number of anilines is 1. The van der Waals surface area contributed by atoms with Gasteiger partial charge in [-0.1, -0.05) is 12.1 Å². The number of amides is 1. The van der Waals surface area contributed by atoms with E-state index in [1.807, 2.05) is 36.1 Å². The molecule has 1 atom stereocenters. The molecule has 3 heterocycles. The van der Waals surface area contributed by atoms with Crippen LogP contribution in [0.4, 0.5) is 5.69 Å². The lowest BCUT2D eigenvalue weighted by Crippen LogP contribution is -2.31. The molecule has 0 aliphatic carbocycles. The normalized spacial score (nSPS) is 22.9. The van der Waals surface area contributed by atoms with Gasteiger partial charge in [0.1, 0.15) is 0 Å². The summed E-state index contributed by atoms with van der Waals surface area (Å²) in [6, 6.07) is 15.6. The molecule has 1 aromatic heterocycles. The van der Waals surface area contributed by atoms with E-state index in [0.717, 1.165) is 49.7 Å². The van der Waals surface area contributed by atoms with Crippen LogP contribution in [-0.4, -0.2) is 35.4 Å². The molecule has 0 N–H and O–H groups in total. The second-order valence-corrected chi connectivity index (χ2v) is 7.55. The van der Waals surface area contributed by atoms with Crippen molar-refractivity contribution in [3.8, 4) is 6.07 Å². The number of nitriles is 1. The molecule has 2 aliphatic heterocycles. The van der Waals surface area contributed by atoms with Crippen LogP contribution in [0, 0.1) is 23.7 Å². The number of rotatable bonds is 3. The first-order chi connectivity index (χ1) is 12.6. The predicted octanol–water partition coefficient (Wildman–Crippen LogP) is 2.89. The van der Waals surface area contributed by atoms with Crippen LogP contribution in [0.1, 0.15) is 29.8 Å². The van der Waals surface area contributed by atoms with Crippen molar-refractivity contribution in [2.75, 3.05) is 24.5 Å². The van der Waals surface area contributed by atoms with Crippen molar-refractivity contribution >= 4 is 11.6 Å². The summed E-state index contributed by atoms with van der Waals surface area (Å²) in [6.07, 6.45) is 1.61. The maximum atomic E-state index is 12.7. The van der Waals surface area contributed by atoms with Crippen molar-refractivity contribution in [2.24, 2.45) is 5.41 Å². The summed E-state index contributed by atoms with van der Waals surface area (Å²) >= 11 is 0. The fraction of sp³-hybridized carbons (Fsp3) is 0.381. The van der Waals surface area contributed by atoms with Gasteiger partial charge in [-0.3, -0.25) is 14.7 Å². The van der Waals surface area contributed by atoms with Gasteiger partial charge < -0.3 is 4.90 Å². The lowest BCUT2D eigenvalue weighted by molar-refractivity contribution is -0.117. The summed E-state index contributed by atoms with van der Waals surface area (Å²) in [7, 11) is 0. The number of aryl methyl sites for hydroxylation is 1. The number of hydrogen-bond acceptors (Lipinski definition) is 4. The Balaban J connectivity index is 1.47.